The molecular weight excluding hydrogens is 252 g/mol. The molecule has 0 atom stereocenters. The van der Waals surface area contributed by atoms with E-state index >= 15 is 0 Å². The molecule has 0 aliphatic carbocycles. The van der Waals surface area contributed by atoms with E-state index in [1.54, 1.807) is 6.92 Å². The van der Waals surface area contributed by atoms with Gasteiger partial charge >= 0.3 is 0 Å². The predicted molar refractivity (Wildman–Crippen MR) is 70.2 cm³/mol. The highest BCUT2D eigenvalue weighted by atomic mass is 32.2. The van der Waals surface area contributed by atoms with Gasteiger partial charge in [0.1, 0.15) is 4.90 Å². The first kappa shape index (κ1) is 14.5. The van der Waals surface area contributed by atoms with E-state index in [2.05, 4.69) is 11.0 Å². The highest BCUT2D eigenvalue weighted by molar-refractivity contribution is 7.89. The van der Waals surface area contributed by atoms with Gasteiger partial charge in [-0.3, -0.25) is 4.68 Å². The summed E-state index contributed by atoms with van der Waals surface area (Å²) in [5.41, 5.74) is 5.66. The predicted octanol–water partition coefficient (Wildman–Crippen LogP) is 0.519. The van der Waals surface area contributed by atoms with Crippen LogP contribution in [0.2, 0.25) is 0 Å². The fourth-order valence-corrected chi connectivity index (χ4v) is 2.99. The molecule has 0 aliphatic rings. The summed E-state index contributed by atoms with van der Waals surface area (Å²) >= 11 is 0. The zero-order chi connectivity index (χ0) is 13.8. The largest absolute Gasteiger partial charge is 0.381 e. The number of nitrogens with zero attached hydrogens (tertiary/aromatic N) is 3. The van der Waals surface area contributed by atoms with Crippen molar-refractivity contribution in [2.45, 2.75) is 31.7 Å². The highest BCUT2D eigenvalue weighted by Crippen LogP contribution is 2.20. The van der Waals surface area contributed by atoms with Crippen molar-refractivity contribution in [3.05, 3.63) is 6.20 Å². The second-order valence-corrected chi connectivity index (χ2v) is 5.68. The molecule has 0 saturated carbocycles. The fraction of sp³-hybridized carbons (Fsp3) is 0.545. The Morgan fingerprint density at radius 1 is 1.56 bits per heavy atom. The van der Waals surface area contributed by atoms with E-state index in [-0.39, 0.29) is 17.3 Å². The lowest BCUT2D eigenvalue weighted by Gasteiger charge is -2.16. The molecule has 7 heteroatoms. The van der Waals surface area contributed by atoms with Crippen molar-refractivity contribution in [2.75, 3.05) is 18.8 Å². The molecule has 0 aliphatic heterocycles. The summed E-state index contributed by atoms with van der Waals surface area (Å²) in [6, 6.07) is 0. The molecule has 0 spiro atoms. The summed E-state index contributed by atoms with van der Waals surface area (Å²) < 4.78 is 27.3. The van der Waals surface area contributed by atoms with Crippen molar-refractivity contribution in [1.29, 1.82) is 0 Å². The zero-order valence-electron chi connectivity index (χ0n) is 10.6. The maximum atomic E-state index is 12.3. The minimum Gasteiger partial charge on any atom is -0.381 e. The molecule has 0 unspecified atom stereocenters. The minimum atomic E-state index is -3.66. The second-order valence-electron chi connectivity index (χ2n) is 3.78. The number of anilines is 1. The molecule has 1 aromatic rings. The summed E-state index contributed by atoms with van der Waals surface area (Å²) in [5, 5.41) is 3.98. The van der Waals surface area contributed by atoms with Gasteiger partial charge in [-0.2, -0.15) is 9.40 Å². The van der Waals surface area contributed by atoms with Gasteiger partial charge in [0.15, 0.2) is 5.82 Å². The number of hydrogen-bond donors (Lipinski definition) is 1. The lowest BCUT2D eigenvalue weighted by Crippen LogP contribution is -2.31. The van der Waals surface area contributed by atoms with Crippen LogP contribution in [0.5, 0.6) is 0 Å². The topological polar surface area (TPSA) is 81.2 Å². The van der Waals surface area contributed by atoms with Crippen LogP contribution in [0.15, 0.2) is 11.1 Å². The van der Waals surface area contributed by atoms with Crippen molar-refractivity contribution in [2.24, 2.45) is 0 Å². The Morgan fingerprint density at radius 2 is 2.22 bits per heavy atom. The Kier molecular flexibility index (Phi) is 4.76. The number of nitrogens with two attached hydrogens (primary N) is 1. The number of rotatable bonds is 6. The third kappa shape index (κ3) is 2.83. The van der Waals surface area contributed by atoms with Gasteiger partial charge in [0.2, 0.25) is 10.0 Å². The second kappa shape index (κ2) is 5.89. The van der Waals surface area contributed by atoms with E-state index in [0.29, 0.717) is 13.1 Å². The van der Waals surface area contributed by atoms with Gasteiger partial charge in [-0.15, -0.1) is 6.42 Å². The van der Waals surface area contributed by atoms with E-state index < -0.39 is 10.0 Å². The molecule has 18 heavy (non-hydrogen) atoms. The quantitative estimate of drug-likeness (QED) is 0.764. The smallest absolute Gasteiger partial charge is 0.249 e. The summed E-state index contributed by atoms with van der Waals surface area (Å²) in [5.74, 6) is 2.34. The molecule has 6 nitrogen and oxygen atoms in total. The standard InChI is InChI=1S/C11H18N4O2S/c1-4-7-14-9-10(11(12)13-14)18(16,17)15(6-3)8-5-2/h2,9H,4,6-8H2,1,3H3,(H2,12,13). The number of hydrogen-bond acceptors (Lipinski definition) is 4. The Balaban J connectivity index is 3.15. The maximum Gasteiger partial charge on any atom is 0.249 e. The van der Waals surface area contributed by atoms with Crippen LogP contribution < -0.4 is 5.73 Å². The van der Waals surface area contributed by atoms with Crippen LogP contribution in [0.3, 0.4) is 0 Å². The van der Waals surface area contributed by atoms with E-state index in [4.69, 9.17) is 12.2 Å². The molecule has 0 amide bonds. The van der Waals surface area contributed by atoms with Gasteiger partial charge in [-0.1, -0.05) is 19.8 Å². The van der Waals surface area contributed by atoms with Crippen LogP contribution in [0.25, 0.3) is 0 Å². The molecule has 0 fully saturated rings. The average Bonchev–Trinajstić information content (AvgIpc) is 2.68. The number of terminal acetylenes is 1. The third-order valence-electron chi connectivity index (χ3n) is 2.45. The number of aromatic nitrogens is 2. The van der Waals surface area contributed by atoms with Crippen molar-refractivity contribution in [1.82, 2.24) is 14.1 Å². The Labute approximate surface area is 108 Å². The molecule has 0 bridgehead atoms. The molecule has 2 N–H and O–H groups in total. The van der Waals surface area contributed by atoms with E-state index in [1.165, 1.54) is 15.2 Å². The van der Waals surface area contributed by atoms with Crippen LogP contribution in [0.4, 0.5) is 5.82 Å². The molecule has 0 aromatic carbocycles. The number of nitrogen functional groups attached to an aromatic ring is 1. The van der Waals surface area contributed by atoms with Gasteiger partial charge in [0.05, 0.1) is 6.54 Å². The number of aryl methyl sites for hydroxylation is 1. The summed E-state index contributed by atoms with van der Waals surface area (Å²) in [4.78, 5) is 0.0213. The van der Waals surface area contributed by atoms with Crippen LogP contribution in [0, 0.1) is 12.3 Å². The average molecular weight is 270 g/mol. The lowest BCUT2D eigenvalue weighted by molar-refractivity contribution is 0.464. The first-order valence-corrected chi connectivity index (χ1v) is 7.17. The highest BCUT2D eigenvalue weighted by Gasteiger charge is 2.27. The molecule has 0 saturated heterocycles. The van der Waals surface area contributed by atoms with Crippen LogP contribution in [-0.2, 0) is 16.6 Å². The van der Waals surface area contributed by atoms with Gasteiger partial charge in [0.25, 0.3) is 0 Å². The summed E-state index contributed by atoms with van der Waals surface area (Å²) in [7, 11) is -3.66. The maximum absolute atomic E-state index is 12.3. The molecule has 0 radical (unpaired) electrons. The zero-order valence-corrected chi connectivity index (χ0v) is 11.4. The monoisotopic (exact) mass is 270 g/mol. The normalized spacial score (nSPS) is 11.7. The Bertz CT molecular complexity index is 542. The molecule has 1 rings (SSSR count). The lowest BCUT2D eigenvalue weighted by atomic mass is 10.5. The molecule has 100 valence electrons. The summed E-state index contributed by atoms with van der Waals surface area (Å²) in [6.45, 7) is 4.65. The molecule has 1 aromatic heterocycles. The van der Waals surface area contributed by atoms with Crippen LogP contribution in [-0.4, -0.2) is 35.6 Å². The van der Waals surface area contributed by atoms with E-state index in [1.807, 2.05) is 6.92 Å². The first-order chi connectivity index (χ1) is 8.47. The minimum absolute atomic E-state index is 0.0129. The van der Waals surface area contributed by atoms with Crippen LogP contribution >= 0.6 is 0 Å². The van der Waals surface area contributed by atoms with Gasteiger partial charge in [-0.25, -0.2) is 8.42 Å². The van der Waals surface area contributed by atoms with Gasteiger partial charge < -0.3 is 5.73 Å². The van der Waals surface area contributed by atoms with Crippen LogP contribution in [0.1, 0.15) is 20.3 Å². The van der Waals surface area contributed by atoms with E-state index in [9.17, 15) is 8.42 Å². The Morgan fingerprint density at radius 3 is 2.72 bits per heavy atom. The third-order valence-corrected chi connectivity index (χ3v) is 4.38. The van der Waals surface area contributed by atoms with Gasteiger partial charge in [0, 0.05) is 19.3 Å². The molecular formula is C11H18N4O2S. The first-order valence-electron chi connectivity index (χ1n) is 5.73. The SMILES string of the molecule is C#CCN(CC)S(=O)(=O)c1cn(CCC)nc1N. The number of sulfonamides is 1. The van der Waals surface area contributed by atoms with Gasteiger partial charge in [-0.05, 0) is 6.42 Å². The molecule has 1 heterocycles. The Hall–Kier alpha value is -1.52. The van der Waals surface area contributed by atoms with Crippen molar-refractivity contribution in [3.63, 3.8) is 0 Å². The summed E-state index contributed by atoms with van der Waals surface area (Å²) in [6.07, 6.45) is 7.46. The van der Waals surface area contributed by atoms with Crippen molar-refractivity contribution >= 4 is 15.8 Å². The van der Waals surface area contributed by atoms with Crippen molar-refractivity contribution in [3.8, 4) is 12.3 Å². The fourth-order valence-electron chi connectivity index (χ4n) is 1.57. The van der Waals surface area contributed by atoms with E-state index in [0.717, 1.165) is 6.42 Å². The van der Waals surface area contributed by atoms with Crippen molar-refractivity contribution < 1.29 is 8.42 Å².